The number of para-hydroxylation sites is 1. The average molecular weight is 203 g/mol. The molecule has 0 saturated heterocycles. The van der Waals surface area contributed by atoms with Crippen molar-refractivity contribution in [3.63, 3.8) is 0 Å². The first-order valence-electron chi connectivity index (χ1n) is 4.62. The summed E-state index contributed by atoms with van der Waals surface area (Å²) in [6, 6.07) is 6.99. The van der Waals surface area contributed by atoms with Gasteiger partial charge in [-0.3, -0.25) is 9.69 Å². The van der Waals surface area contributed by atoms with Gasteiger partial charge in [-0.25, -0.2) is 0 Å². The molecule has 0 N–H and O–H groups in total. The Hall–Kier alpha value is -1.68. The van der Waals surface area contributed by atoms with Crippen LogP contribution in [-0.2, 0) is 4.79 Å². The largest absolute Gasteiger partial charge is 0.356 e. The van der Waals surface area contributed by atoms with Crippen molar-refractivity contribution in [3.05, 3.63) is 30.0 Å². The Labute approximate surface area is 87.5 Å². The molecule has 0 fully saturated rings. The summed E-state index contributed by atoms with van der Waals surface area (Å²) in [4.78, 5) is 12.6. The Morgan fingerprint density at radius 2 is 2.13 bits per heavy atom. The lowest BCUT2D eigenvalue weighted by Crippen LogP contribution is -2.21. The number of benzene rings is 1. The fourth-order valence-corrected chi connectivity index (χ4v) is 1.51. The molecule has 1 atom stereocenters. The van der Waals surface area contributed by atoms with E-state index in [4.69, 9.17) is 4.52 Å². The van der Waals surface area contributed by atoms with Gasteiger partial charge < -0.3 is 4.52 Å². The zero-order valence-corrected chi connectivity index (χ0v) is 8.60. The maximum absolute atomic E-state index is 10.8. The molecule has 77 valence electrons. The highest BCUT2D eigenvalue weighted by molar-refractivity contribution is 5.82. The summed E-state index contributed by atoms with van der Waals surface area (Å²) in [7, 11) is 3.61. The molecule has 1 unspecified atom stereocenters. The highest BCUT2D eigenvalue weighted by Crippen LogP contribution is 2.24. The van der Waals surface area contributed by atoms with Crippen LogP contribution in [-0.4, -0.2) is 30.4 Å². The van der Waals surface area contributed by atoms with Crippen LogP contribution < -0.4 is 0 Å². The Morgan fingerprint density at radius 1 is 1.40 bits per heavy atom. The van der Waals surface area contributed by atoms with Crippen LogP contribution in [0.2, 0.25) is 0 Å². The molecule has 0 aliphatic rings. The van der Waals surface area contributed by atoms with E-state index in [1.54, 1.807) is 19.0 Å². The van der Waals surface area contributed by atoms with E-state index in [0.717, 1.165) is 5.39 Å². The Bertz CT molecular complexity index is 476. The average Bonchev–Trinajstić information content (AvgIpc) is 2.63. The van der Waals surface area contributed by atoms with E-state index in [-0.39, 0.29) is 0 Å². The molecule has 0 aliphatic carbocycles. The van der Waals surface area contributed by atoms with Gasteiger partial charge in [0.05, 0.1) is 0 Å². The molecule has 0 amide bonds. The predicted octanol–water partition coefficient (Wildman–Crippen LogP) is 1.54. The number of carbonyl (C=O) groups excluding carboxylic acids is 1. The van der Waals surface area contributed by atoms with Crippen molar-refractivity contribution in [1.82, 2.24) is 10.1 Å². The summed E-state index contributed by atoms with van der Waals surface area (Å²) < 4.78 is 5.13. The molecule has 15 heavy (non-hydrogen) atoms. The number of aromatic nitrogens is 1. The maximum Gasteiger partial charge on any atom is 0.223 e. The molecule has 0 aliphatic heterocycles. The summed E-state index contributed by atoms with van der Waals surface area (Å²) in [5.41, 5.74) is 1.31. The third-order valence-electron chi connectivity index (χ3n) is 2.29. The minimum atomic E-state index is -0.478. The minimum Gasteiger partial charge on any atom is -0.356 e. The predicted molar refractivity (Wildman–Crippen MR) is 56.1 cm³/mol. The normalized spacial score (nSPS) is 13.3. The molecule has 1 aromatic heterocycles. The van der Waals surface area contributed by atoms with Crippen molar-refractivity contribution in [1.29, 1.82) is 0 Å². The van der Waals surface area contributed by atoms with Crippen molar-refractivity contribution in [2.24, 2.45) is 0 Å². The molecule has 0 spiro atoms. The van der Waals surface area contributed by atoms with Crippen LogP contribution >= 0.6 is 0 Å². The lowest BCUT2D eigenvalue weighted by molar-refractivity contribution is 0.335. The van der Waals surface area contributed by atoms with Gasteiger partial charge in [0.1, 0.15) is 11.7 Å². The minimum absolute atomic E-state index is 0.478. The van der Waals surface area contributed by atoms with E-state index in [0.29, 0.717) is 11.3 Å². The smallest absolute Gasteiger partial charge is 0.223 e. The SMILES string of the molecule is CN(C)C([C]=O)c1noc2ccccc12. The van der Waals surface area contributed by atoms with E-state index >= 15 is 0 Å². The fraction of sp³-hybridized carbons (Fsp3) is 0.273. The molecule has 1 heterocycles. The first-order valence-corrected chi connectivity index (χ1v) is 4.62. The van der Waals surface area contributed by atoms with Crippen molar-refractivity contribution in [2.45, 2.75) is 6.04 Å². The second kappa shape index (κ2) is 3.82. The molecule has 2 rings (SSSR count). The highest BCUT2D eigenvalue weighted by Gasteiger charge is 2.20. The van der Waals surface area contributed by atoms with Crippen LogP contribution in [0.5, 0.6) is 0 Å². The van der Waals surface area contributed by atoms with E-state index in [2.05, 4.69) is 5.16 Å². The van der Waals surface area contributed by atoms with Crippen molar-refractivity contribution < 1.29 is 9.32 Å². The monoisotopic (exact) mass is 203 g/mol. The maximum atomic E-state index is 10.8. The van der Waals surface area contributed by atoms with Gasteiger partial charge in [0.2, 0.25) is 6.29 Å². The molecular weight excluding hydrogens is 192 g/mol. The molecule has 0 saturated carbocycles. The first kappa shape index (κ1) is 9.86. The van der Waals surface area contributed by atoms with Crippen LogP contribution in [0.15, 0.2) is 28.8 Å². The number of nitrogens with zero attached hydrogens (tertiary/aromatic N) is 2. The van der Waals surface area contributed by atoms with Gasteiger partial charge in [0.25, 0.3) is 0 Å². The van der Waals surface area contributed by atoms with E-state index in [1.807, 2.05) is 30.6 Å². The van der Waals surface area contributed by atoms with Gasteiger partial charge in [-0.15, -0.1) is 0 Å². The summed E-state index contributed by atoms with van der Waals surface area (Å²) in [5.74, 6) is 0. The van der Waals surface area contributed by atoms with Crippen LogP contribution in [0, 0.1) is 0 Å². The summed E-state index contributed by atoms with van der Waals surface area (Å²) in [5, 5.41) is 4.77. The van der Waals surface area contributed by atoms with Gasteiger partial charge in [0, 0.05) is 5.39 Å². The van der Waals surface area contributed by atoms with Crippen LogP contribution in [0.3, 0.4) is 0 Å². The number of hydrogen-bond acceptors (Lipinski definition) is 4. The second-order valence-electron chi connectivity index (χ2n) is 3.55. The van der Waals surface area contributed by atoms with Gasteiger partial charge in [-0.2, -0.15) is 0 Å². The molecule has 0 bridgehead atoms. The number of hydrogen-bond donors (Lipinski definition) is 0. The van der Waals surface area contributed by atoms with Crippen LogP contribution in [0.4, 0.5) is 0 Å². The quantitative estimate of drug-likeness (QED) is 0.759. The van der Waals surface area contributed by atoms with E-state index in [1.165, 1.54) is 0 Å². The number of likely N-dealkylation sites (N-methyl/N-ethyl adjacent to an activating group) is 1. The van der Waals surface area contributed by atoms with Crippen LogP contribution in [0.1, 0.15) is 11.7 Å². The lowest BCUT2D eigenvalue weighted by atomic mass is 10.1. The lowest BCUT2D eigenvalue weighted by Gasteiger charge is -2.14. The van der Waals surface area contributed by atoms with E-state index in [9.17, 15) is 4.79 Å². The molecule has 2 aromatic rings. The van der Waals surface area contributed by atoms with Gasteiger partial charge >= 0.3 is 0 Å². The van der Waals surface area contributed by atoms with Gasteiger partial charge in [-0.1, -0.05) is 17.3 Å². The number of rotatable bonds is 3. The molecule has 4 nitrogen and oxygen atoms in total. The highest BCUT2D eigenvalue weighted by atomic mass is 16.5. The third-order valence-corrected chi connectivity index (χ3v) is 2.29. The summed E-state index contributed by atoms with van der Waals surface area (Å²) >= 11 is 0. The topological polar surface area (TPSA) is 46.3 Å². The standard InChI is InChI=1S/C11H11N2O2/c1-13(2)9(7-14)11-8-5-3-4-6-10(8)15-12-11/h3-6,9H,1-2H3. The van der Waals surface area contributed by atoms with Crippen molar-refractivity contribution >= 4 is 17.3 Å². The van der Waals surface area contributed by atoms with Gasteiger partial charge in [-0.05, 0) is 26.2 Å². The Morgan fingerprint density at radius 3 is 2.80 bits per heavy atom. The summed E-state index contributed by atoms with van der Waals surface area (Å²) in [6.07, 6.45) is 1.95. The zero-order valence-electron chi connectivity index (χ0n) is 8.60. The van der Waals surface area contributed by atoms with Crippen molar-refractivity contribution in [2.75, 3.05) is 14.1 Å². The molecular formula is C11H11N2O2. The second-order valence-corrected chi connectivity index (χ2v) is 3.55. The molecule has 4 heteroatoms. The Kier molecular flexibility index (Phi) is 2.51. The van der Waals surface area contributed by atoms with Crippen molar-refractivity contribution in [3.8, 4) is 0 Å². The molecule has 1 radical (unpaired) electrons. The Balaban J connectivity index is 2.55. The molecule has 1 aromatic carbocycles. The van der Waals surface area contributed by atoms with E-state index < -0.39 is 6.04 Å². The fourth-order valence-electron chi connectivity index (χ4n) is 1.51. The third kappa shape index (κ3) is 1.64. The van der Waals surface area contributed by atoms with Crippen LogP contribution in [0.25, 0.3) is 11.0 Å². The number of fused-ring (bicyclic) bond motifs is 1. The first-order chi connectivity index (χ1) is 7.24. The summed E-state index contributed by atoms with van der Waals surface area (Å²) in [6.45, 7) is 0. The zero-order chi connectivity index (χ0) is 10.8. The van der Waals surface area contributed by atoms with Gasteiger partial charge in [0.15, 0.2) is 5.58 Å².